The Morgan fingerprint density at radius 2 is 1.62 bits per heavy atom. The van der Waals surface area contributed by atoms with E-state index in [0.29, 0.717) is 6.42 Å². The monoisotopic (exact) mass is 296 g/mol. The van der Waals surface area contributed by atoms with Gasteiger partial charge in [0, 0.05) is 38.5 Å². The van der Waals surface area contributed by atoms with Crippen molar-refractivity contribution in [3.63, 3.8) is 0 Å². The molecule has 1 atom stereocenters. The fraction of sp³-hybridized carbons (Fsp3) is 0.882. The average molecular weight is 296 g/mol. The third-order valence-electron chi connectivity index (χ3n) is 4.41. The molecule has 0 saturated carbocycles. The molecular weight excluding hydrogens is 264 g/mol. The average Bonchev–Trinajstić information content (AvgIpc) is 2.43. The lowest BCUT2D eigenvalue weighted by atomic mass is 10.0. The van der Waals surface area contributed by atoms with Gasteiger partial charge in [-0.3, -0.25) is 14.5 Å². The van der Waals surface area contributed by atoms with Gasteiger partial charge in [0.1, 0.15) is 5.78 Å². The van der Waals surface area contributed by atoms with Gasteiger partial charge in [0.2, 0.25) is 5.91 Å². The smallest absolute Gasteiger partial charge is 0.223 e. The van der Waals surface area contributed by atoms with Crippen LogP contribution in [0.15, 0.2) is 0 Å². The molecule has 0 aromatic carbocycles. The second-order valence-corrected chi connectivity index (χ2v) is 6.83. The Kier molecular flexibility index (Phi) is 7.94. The number of ketones is 1. The van der Waals surface area contributed by atoms with Gasteiger partial charge >= 0.3 is 0 Å². The molecule has 0 spiro atoms. The van der Waals surface area contributed by atoms with E-state index in [-0.39, 0.29) is 17.6 Å². The van der Waals surface area contributed by atoms with Crippen LogP contribution >= 0.6 is 0 Å². The van der Waals surface area contributed by atoms with Crippen LogP contribution in [0.3, 0.4) is 0 Å². The molecule has 1 unspecified atom stereocenters. The Bertz CT molecular complexity index is 334. The van der Waals surface area contributed by atoms with Crippen molar-refractivity contribution >= 4 is 11.7 Å². The molecule has 1 amide bonds. The third-order valence-corrected chi connectivity index (χ3v) is 4.41. The number of rotatable bonds is 8. The van der Waals surface area contributed by atoms with E-state index in [0.717, 1.165) is 38.6 Å². The summed E-state index contributed by atoms with van der Waals surface area (Å²) < 4.78 is 0. The van der Waals surface area contributed by atoms with Gasteiger partial charge < -0.3 is 4.90 Å². The van der Waals surface area contributed by atoms with Crippen molar-refractivity contribution in [2.24, 2.45) is 11.8 Å². The van der Waals surface area contributed by atoms with E-state index >= 15 is 0 Å². The van der Waals surface area contributed by atoms with Gasteiger partial charge in [-0.2, -0.15) is 0 Å². The van der Waals surface area contributed by atoms with Crippen LogP contribution in [0.2, 0.25) is 0 Å². The summed E-state index contributed by atoms with van der Waals surface area (Å²) in [5.74, 6) is 0.888. The summed E-state index contributed by atoms with van der Waals surface area (Å²) in [5.41, 5.74) is 0. The van der Waals surface area contributed by atoms with Crippen molar-refractivity contribution in [1.29, 1.82) is 0 Å². The molecule has 0 aromatic heterocycles. The highest BCUT2D eigenvalue weighted by molar-refractivity contribution is 5.85. The Balaban J connectivity index is 2.19. The van der Waals surface area contributed by atoms with E-state index in [1.54, 1.807) is 6.92 Å². The van der Waals surface area contributed by atoms with Crippen LogP contribution < -0.4 is 0 Å². The Labute approximate surface area is 129 Å². The molecule has 1 heterocycles. The van der Waals surface area contributed by atoms with E-state index < -0.39 is 0 Å². The zero-order chi connectivity index (χ0) is 15.8. The summed E-state index contributed by atoms with van der Waals surface area (Å²) in [6.45, 7) is 12.7. The van der Waals surface area contributed by atoms with Crippen LogP contribution in [0, 0.1) is 11.8 Å². The minimum atomic E-state index is -0.147. The molecule has 4 heteroatoms. The first kappa shape index (κ1) is 18.1. The minimum Gasteiger partial charge on any atom is -0.340 e. The van der Waals surface area contributed by atoms with E-state index in [2.05, 4.69) is 18.7 Å². The summed E-state index contributed by atoms with van der Waals surface area (Å²) in [7, 11) is 0. The summed E-state index contributed by atoms with van der Waals surface area (Å²) in [4.78, 5) is 27.7. The standard InChI is InChI=1S/C17H32N2O2/c1-14(2)7-5-6-8-18-9-11-19(12-10-18)17(21)13-15(3)16(4)20/h14-15H,5-13H2,1-4H3. The fourth-order valence-electron chi connectivity index (χ4n) is 2.64. The number of amides is 1. The van der Waals surface area contributed by atoms with Crippen molar-refractivity contribution in [3.05, 3.63) is 0 Å². The first-order valence-electron chi connectivity index (χ1n) is 8.40. The van der Waals surface area contributed by atoms with Crippen molar-refractivity contribution in [1.82, 2.24) is 9.80 Å². The van der Waals surface area contributed by atoms with Crippen LogP contribution in [-0.4, -0.2) is 54.2 Å². The maximum atomic E-state index is 12.1. The lowest BCUT2D eigenvalue weighted by Gasteiger charge is -2.35. The Hall–Kier alpha value is -0.900. The minimum absolute atomic E-state index is 0.104. The molecule has 1 aliphatic heterocycles. The molecule has 21 heavy (non-hydrogen) atoms. The number of Topliss-reactive ketones (excluding diaryl/α,β-unsaturated/α-hetero) is 1. The number of nitrogens with zero attached hydrogens (tertiary/aromatic N) is 2. The highest BCUT2D eigenvalue weighted by Crippen LogP contribution is 2.11. The van der Waals surface area contributed by atoms with E-state index in [4.69, 9.17) is 0 Å². The van der Waals surface area contributed by atoms with Crippen LogP contribution in [0.4, 0.5) is 0 Å². The van der Waals surface area contributed by atoms with Gasteiger partial charge in [-0.1, -0.05) is 33.6 Å². The van der Waals surface area contributed by atoms with Crippen LogP contribution in [-0.2, 0) is 9.59 Å². The second-order valence-electron chi connectivity index (χ2n) is 6.83. The Morgan fingerprint density at radius 1 is 1.00 bits per heavy atom. The molecule has 0 radical (unpaired) electrons. The summed E-state index contributed by atoms with van der Waals surface area (Å²) in [5, 5.41) is 0. The molecule has 1 rings (SSSR count). The first-order valence-corrected chi connectivity index (χ1v) is 8.40. The number of hydrogen-bond acceptors (Lipinski definition) is 3. The highest BCUT2D eigenvalue weighted by Gasteiger charge is 2.23. The SMILES string of the molecule is CC(=O)C(C)CC(=O)N1CCN(CCCCC(C)C)CC1. The van der Waals surface area contributed by atoms with E-state index in [9.17, 15) is 9.59 Å². The van der Waals surface area contributed by atoms with Crippen molar-refractivity contribution in [2.45, 2.75) is 53.4 Å². The van der Waals surface area contributed by atoms with E-state index in [1.165, 1.54) is 19.3 Å². The summed E-state index contributed by atoms with van der Waals surface area (Å²) >= 11 is 0. The first-order chi connectivity index (χ1) is 9.90. The van der Waals surface area contributed by atoms with Gasteiger partial charge in [0.25, 0.3) is 0 Å². The number of unbranched alkanes of at least 4 members (excludes halogenated alkanes) is 1. The predicted molar refractivity (Wildman–Crippen MR) is 86.2 cm³/mol. The van der Waals surface area contributed by atoms with Gasteiger partial charge in [-0.15, -0.1) is 0 Å². The van der Waals surface area contributed by atoms with Gasteiger partial charge in [-0.05, 0) is 25.8 Å². The number of carbonyl (C=O) groups is 2. The van der Waals surface area contributed by atoms with Crippen molar-refractivity contribution in [2.75, 3.05) is 32.7 Å². The molecule has 0 aromatic rings. The van der Waals surface area contributed by atoms with E-state index in [1.807, 2.05) is 11.8 Å². The summed E-state index contributed by atoms with van der Waals surface area (Å²) in [6.07, 6.45) is 4.23. The maximum Gasteiger partial charge on any atom is 0.223 e. The van der Waals surface area contributed by atoms with Gasteiger partial charge in [0.15, 0.2) is 0 Å². The Morgan fingerprint density at radius 3 is 2.14 bits per heavy atom. The normalized spacial score (nSPS) is 18.0. The second kappa shape index (κ2) is 9.19. The zero-order valence-electron chi connectivity index (χ0n) is 14.2. The van der Waals surface area contributed by atoms with Crippen LogP contribution in [0.1, 0.15) is 53.4 Å². The quantitative estimate of drug-likeness (QED) is 0.646. The maximum absolute atomic E-state index is 12.1. The molecule has 122 valence electrons. The fourth-order valence-corrected chi connectivity index (χ4v) is 2.64. The molecule has 1 fully saturated rings. The molecule has 1 saturated heterocycles. The molecule has 4 nitrogen and oxygen atoms in total. The topological polar surface area (TPSA) is 40.6 Å². The van der Waals surface area contributed by atoms with Crippen molar-refractivity contribution in [3.8, 4) is 0 Å². The molecular formula is C17H32N2O2. The molecule has 1 aliphatic rings. The largest absolute Gasteiger partial charge is 0.340 e. The lowest BCUT2D eigenvalue weighted by molar-refractivity contribution is -0.136. The van der Waals surface area contributed by atoms with Gasteiger partial charge in [0.05, 0.1) is 0 Å². The number of carbonyl (C=O) groups excluding carboxylic acids is 2. The third kappa shape index (κ3) is 7.07. The number of hydrogen-bond donors (Lipinski definition) is 0. The van der Waals surface area contributed by atoms with Gasteiger partial charge in [-0.25, -0.2) is 0 Å². The highest BCUT2D eigenvalue weighted by atomic mass is 16.2. The molecule has 0 N–H and O–H groups in total. The predicted octanol–water partition coefficient (Wildman–Crippen LogP) is 2.57. The summed E-state index contributed by atoms with van der Waals surface area (Å²) in [6, 6.07) is 0. The van der Waals surface area contributed by atoms with Crippen LogP contribution in [0.5, 0.6) is 0 Å². The van der Waals surface area contributed by atoms with Crippen LogP contribution in [0.25, 0.3) is 0 Å². The zero-order valence-corrected chi connectivity index (χ0v) is 14.2. The molecule has 0 aliphatic carbocycles. The lowest BCUT2D eigenvalue weighted by Crippen LogP contribution is -2.49. The number of piperazine rings is 1. The molecule has 0 bridgehead atoms. The van der Waals surface area contributed by atoms with Crippen molar-refractivity contribution < 1.29 is 9.59 Å².